The van der Waals surface area contributed by atoms with Gasteiger partial charge < -0.3 is 14.6 Å². The Morgan fingerprint density at radius 3 is 2.81 bits per heavy atom. The number of methoxy groups -OCH3 is 1. The summed E-state index contributed by atoms with van der Waals surface area (Å²) in [5.74, 6) is 0.270. The molecule has 1 atom stereocenters. The molecule has 1 rings (SSSR count). The van der Waals surface area contributed by atoms with Gasteiger partial charge in [-0.3, -0.25) is 4.79 Å². The first-order chi connectivity index (χ1) is 7.71. The molecule has 1 heterocycles. The minimum atomic E-state index is -0.685. The summed E-state index contributed by atoms with van der Waals surface area (Å²) in [4.78, 5) is 11.2. The number of hydrogen-bond acceptors (Lipinski definition) is 4. The fourth-order valence-corrected chi connectivity index (χ4v) is 3.13. The van der Waals surface area contributed by atoms with E-state index in [9.17, 15) is 9.90 Å². The number of carbonyl (C=O) groups is 1. The summed E-state index contributed by atoms with van der Waals surface area (Å²) in [5.41, 5.74) is 0. The summed E-state index contributed by atoms with van der Waals surface area (Å²) in [7, 11) is 1.66. The molecule has 0 spiro atoms. The summed E-state index contributed by atoms with van der Waals surface area (Å²) in [5, 5.41) is 9.21. The van der Waals surface area contributed by atoms with Crippen molar-refractivity contribution in [2.24, 2.45) is 0 Å². The molecule has 1 unspecified atom stereocenters. The highest BCUT2D eigenvalue weighted by atomic mass is 32.2. The van der Waals surface area contributed by atoms with Gasteiger partial charge in [0.05, 0.1) is 0 Å². The van der Waals surface area contributed by atoms with Crippen LogP contribution < -0.4 is 0 Å². The van der Waals surface area contributed by atoms with Crippen LogP contribution in [0.15, 0.2) is 0 Å². The molecule has 4 nitrogen and oxygen atoms in total. The Morgan fingerprint density at radius 2 is 2.25 bits per heavy atom. The van der Waals surface area contributed by atoms with Crippen LogP contribution in [-0.4, -0.2) is 48.5 Å². The van der Waals surface area contributed by atoms with Gasteiger partial charge in [0, 0.05) is 26.9 Å². The number of thioether (sulfide) groups is 1. The summed E-state index contributed by atoms with van der Waals surface area (Å²) in [6.45, 7) is 1.87. The lowest BCUT2D eigenvalue weighted by molar-refractivity contribution is -0.140. The minimum absolute atomic E-state index is 0.531. The molecule has 5 heteroatoms. The van der Waals surface area contributed by atoms with Gasteiger partial charge in [-0.25, -0.2) is 0 Å². The standard InChI is InChI=1S/C11H20O4S/c1-14-6-3-7-15-8-5-11(10(12)13)4-2-9-16-11/h2-9H2,1H3,(H,12,13). The number of ether oxygens (including phenoxy) is 2. The van der Waals surface area contributed by atoms with E-state index >= 15 is 0 Å². The van der Waals surface area contributed by atoms with E-state index in [1.165, 1.54) is 0 Å². The van der Waals surface area contributed by atoms with Crippen LogP contribution in [0.1, 0.15) is 25.7 Å². The van der Waals surface area contributed by atoms with E-state index in [0.29, 0.717) is 26.2 Å². The second-order valence-electron chi connectivity index (χ2n) is 3.96. The van der Waals surface area contributed by atoms with E-state index in [4.69, 9.17) is 9.47 Å². The zero-order valence-corrected chi connectivity index (χ0v) is 10.6. The van der Waals surface area contributed by atoms with Gasteiger partial charge in [-0.15, -0.1) is 11.8 Å². The molecule has 0 amide bonds. The monoisotopic (exact) mass is 248 g/mol. The van der Waals surface area contributed by atoms with Crippen molar-refractivity contribution >= 4 is 17.7 Å². The number of hydrogen-bond donors (Lipinski definition) is 1. The maximum Gasteiger partial charge on any atom is 0.319 e. The third-order valence-corrected chi connectivity index (χ3v) is 4.41. The summed E-state index contributed by atoms with van der Waals surface area (Å²) < 4.78 is 9.74. The zero-order chi connectivity index (χ0) is 11.9. The van der Waals surface area contributed by atoms with Gasteiger partial charge in [-0.2, -0.15) is 0 Å². The van der Waals surface area contributed by atoms with Crippen LogP contribution in [0.4, 0.5) is 0 Å². The SMILES string of the molecule is COCCCOCCC1(C(=O)O)CCCS1. The smallest absolute Gasteiger partial charge is 0.319 e. The number of carboxylic acids is 1. The molecule has 0 aliphatic carbocycles. The molecule has 1 aliphatic heterocycles. The largest absolute Gasteiger partial charge is 0.480 e. The van der Waals surface area contributed by atoms with Crippen LogP contribution in [0.3, 0.4) is 0 Å². The third kappa shape index (κ3) is 3.96. The molecule has 1 saturated heterocycles. The average Bonchev–Trinajstić information content (AvgIpc) is 2.73. The maximum absolute atomic E-state index is 11.2. The molecule has 16 heavy (non-hydrogen) atoms. The quantitative estimate of drug-likeness (QED) is 0.664. The first kappa shape index (κ1) is 13.8. The number of aliphatic carboxylic acids is 1. The lowest BCUT2D eigenvalue weighted by atomic mass is 10.00. The van der Waals surface area contributed by atoms with Crippen LogP contribution in [-0.2, 0) is 14.3 Å². The van der Waals surface area contributed by atoms with Crippen LogP contribution in [0.2, 0.25) is 0 Å². The van der Waals surface area contributed by atoms with Crippen molar-refractivity contribution in [1.82, 2.24) is 0 Å². The topological polar surface area (TPSA) is 55.8 Å². The molecule has 0 saturated carbocycles. The predicted octanol–water partition coefficient (Wildman–Crippen LogP) is 1.78. The fourth-order valence-electron chi connectivity index (χ4n) is 1.81. The van der Waals surface area contributed by atoms with Gasteiger partial charge >= 0.3 is 5.97 Å². The molecule has 0 aromatic heterocycles. The maximum atomic E-state index is 11.2. The highest BCUT2D eigenvalue weighted by Crippen LogP contribution is 2.41. The lowest BCUT2D eigenvalue weighted by Gasteiger charge is -2.22. The van der Waals surface area contributed by atoms with Gasteiger partial charge in [0.15, 0.2) is 0 Å². The molecule has 1 aliphatic rings. The Hall–Kier alpha value is -0.260. The third-order valence-electron chi connectivity index (χ3n) is 2.78. The second kappa shape index (κ2) is 7.14. The van der Waals surface area contributed by atoms with Crippen molar-refractivity contribution in [3.05, 3.63) is 0 Å². The Balaban J connectivity index is 2.16. The summed E-state index contributed by atoms with van der Waals surface area (Å²) >= 11 is 1.56. The molecule has 0 aromatic carbocycles. The first-order valence-electron chi connectivity index (χ1n) is 5.65. The summed E-state index contributed by atoms with van der Waals surface area (Å²) in [6.07, 6.45) is 3.25. The summed E-state index contributed by atoms with van der Waals surface area (Å²) in [6, 6.07) is 0. The number of rotatable bonds is 8. The molecule has 0 bridgehead atoms. The van der Waals surface area contributed by atoms with Crippen molar-refractivity contribution < 1.29 is 19.4 Å². The Morgan fingerprint density at radius 1 is 1.44 bits per heavy atom. The molecular formula is C11H20O4S. The highest BCUT2D eigenvalue weighted by molar-refractivity contribution is 8.01. The van der Waals surface area contributed by atoms with Crippen molar-refractivity contribution in [2.75, 3.05) is 32.7 Å². The van der Waals surface area contributed by atoms with Gasteiger partial charge in [-0.05, 0) is 31.4 Å². The minimum Gasteiger partial charge on any atom is -0.480 e. The van der Waals surface area contributed by atoms with Crippen LogP contribution >= 0.6 is 11.8 Å². The Labute approximate surface area is 101 Å². The van der Waals surface area contributed by atoms with Gasteiger partial charge in [0.25, 0.3) is 0 Å². The van der Waals surface area contributed by atoms with Crippen molar-refractivity contribution in [3.8, 4) is 0 Å². The van der Waals surface area contributed by atoms with E-state index in [1.807, 2.05) is 0 Å². The molecule has 0 aromatic rings. The van der Waals surface area contributed by atoms with Crippen LogP contribution in [0, 0.1) is 0 Å². The molecule has 0 radical (unpaired) electrons. The Kier molecular flexibility index (Phi) is 6.16. The highest BCUT2D eigenvalue weighted by Gasteiger charge is 2.41. The molecule has 94 valence electrons. The van der Waals surface area contributed by atoms with E-state index in [-0.39, 0.29) is 0 Å². The zero-order valence-electron chi connectivity index (χ0n) is 9.74. The lowest BCUT2D eigenvalue weighted by Crippen LogP contribution is -2.33. The van der Waals surface area contributed by atoms with Crippen LogP contribution in [0.5, 0.6) is 0 Å². The van der Waals surface area contributed by atoms with E-state index in [1.54, 1.807) is 18.9 Å². The molecule has 1 fully saturated rings. The molecular weight excluding hydrogens is 228 g/mol. The van der Waals surface area contributed by atoms with Gasteiger partial charge in [0.1, 0.15) is 4.75 Å². The average molecular weight is 248 g/mol. The normalized spacial score (nSPS) is 24.8. The predicted molar refractivity (Wildman–Crippen MR) is 64.0 cm³/mol. The van der Waals surface area contributed by atoms with Crippen molar-refractivity contribution in [1.29, 1.82) is 0 Å². The van der Waals surface area contributed by atoms with Crippen molar-refractivity contribution in [2.45, 2.75) is 30.4 Å². The van der Waals surface area contributed by atoms with Crippen LogP contribution in [0.25, 0.3) is 0 Å². The first-order valence-corrected chi connectivity index (χ1v) is 6.64. The van der Waals surface area contributed by atoms with Crippen molar-refractivity contribution in [3.63, 3.8) is 0 Å². The van der Waals surface area contributed by atoms with E-state index in [0.717, 1.165) is 25.0 Å². The van der Waals surface area contributed by atoms with E-state index in [2.05, 4.69) is 0 Å². The van der Waals surface area contributed by atoms with E-state index < -0.39 is 10.7 Å². The molecule has 1 N–H and O–H groups in total. The second-order valence-corrected chi connectivity index (χ2v) is 5.44. The van der Waals surface area contributed by atoms with Gasteiger partial charge in [0.2, 0.25) is 0 Å². The Bertz CT molecular complexity index is 214. The number of carboxylic acid groups (broad SMARTS) is 1. The fraction of sp³-hybridized carbons (Fsp3) is 0.909. The van der Waals surface area contributed by atoms with Gasteiger partial charge in [-0.1, -0.05) is 0 Å².